The molecule has 0 saturated carbocycles. The number of anilines is 1. The molecule has 7 heteroatoms. The van der Waals surface area contributed by atoms with Crippen LogP contribution in [0.25, 0.3) is 0 Å². The molecule has 7 nitrogen and oxygen atoms in total. The van der Waals surface area contributed by atoms with Crippen LogP contribution in [-0.4, -0.2) is 32.4 Å². The lowest BCUT2D eigenvalue weighted by atomic mass is 10.1. The highest BCUT2D eigenvalue weighted by molar-refractivity contribution is 5.99. The summed E-state index contributed by atoms with van der Waals surface area (Å²) in [5.74, 6) is -1.56. The van der Waals surface area contributed by atoms with Crippen LogP contribution < -0.4 is 5.32 Å². The van der Waals surface area contributed by atoms with Crippen molar-refractivity contribution in [1.29, 1.82) is 5.26 Å². The molecule has 0 fully saturated rings. The third-order valence-corrected chi connectivity index (χ3v) is 2.44. The average Bonchev–Trinajstić information content (AvgIpc) is 2.53. The van der Waals surface area contributed by atoms with Crippen LogP contribution in [0.3, 0.4) is 0 Å². The highest BCUT2D eigenvalue weighted by Crippen LogP contribution is 2.18. The van der Waals surface area contributed by atoms with Crippen LogP contribution in [0.15, 0.2) is 30.0 Å². The Morgan fingerprint density at radius 1 is 1.29 bits per heavy atom. The smallest absolute Gasteiger partial charge is 0.354 e. The molecule has 21 heavy (non-hydrogen) atoms. The molecule has 1 rings (SSSR count). The highest BCUT2D eigenvalue weighted by atomic mass is 16.5. The first kappa shape index (κ1) is 15.9. The van der Waals surface area contributed by atoms with Crippen LogP contribution in [0.1, 0.15) is 15.9 Å². The predicted octanol–water partition coefficient (Wildman–Crippen LogP) is 1.01. The Morgan fingerprint density at radius 3 is 2.52 bits per heavy atom. The number of ether oxygens (including phenoxy) is 2. The van der Waals surface area contributed by atoms with Gasteiger partial charge in [0.15, 0.2) is 0 Å². The van der Waals surface area contributed by atoms with E-state index in [4.69, 9.17) is 5.26 Å². The SMILES string of the molecule is COC(=O)/C=C(/Nc1ccc(C=O)cc1C#N)C(=O)OC. The molecule has 1 N–H and O–H groups in total. The van der Waals surface area contributed by atoms with Crippen LogP contribution in [-0.2, 0) is 19.1 Å². The number of carbonyl (C=O) groups excluding carboxylic acids is 3. The molecule has 0 saturated heterocycles. The van der Waals surface area contributed by atoms with Crippen LogP contribution in [0.2, 0.25) is 0 Å². The lowest BCUT2D eigenvalue weighted by molar-refractivity contribution is -0.138. The first-order valence-electron chi connectivity index (χ1n) is 5.70. The van der Waals surface area contributed by atoms with E-state index in [0.717, 1.165) is 20.3 Å². The van der Waals surface area contributed by atoms with E-state index >= 15 is 0 Å². The standard InChI is InChI=1S/C14H12N2O5/c1-20-13(18)6-12(14(19)21-2)16-11-4-3-9(8-17)5-10(11)7-15/h3-6,8,16H,1-2H3/b12-6+. The molecule has 0 radical (unpaired) electrons. The largest absolute Gasteiger partial charge is 0.466 e. The van der Waals surface area contributed by atoms with Gasteiger partial charge in [-0.05, 0) is 18.2 Å². The number of nitrogens with one attached hydrogen (secondary N) is 1. The van der Waals surface area contributed by atoms with Crippen molar-refractivity contribution in [2.75, 3.05) is 19.5 Å². The second-order valence-corrected chi connectivity index (χ2v) is 3.73. The topological polar surface area (TPSA) is 105 Å². The number of methoxy groups -OCH3 is 2. The Morgan fingerprint density at radius 2 is 2.00 bits per heavy atom. The van der Waals surface area contributed by atoms with E-state index in [0.29, 0.717) is 11.8 Å². The van der Waals surface area contributed by atoms with Crippen LogP contribution >= 0.6 is 0 Å². The van der Waals surface area contributed by atoms with Gasteiger partial charge >= 0.3 is 11.9 Å². The summed E-state index contributed by atoms with van der Waals surface area (Å²) in [5.41, 5.74) is 0.510. The van der Waals surface area contributed by atoms with Gasteiger partial charge in [0.05, 0.1) is 31.5 Å². The van der Waals surface area contributed by atoms with Crippen molar-refractivity contribution >= 4 is 23.9 Å². The minimum atomic E-state index is -0.802. The van der Waals surface area contributed by atoms with Gasteiger partial charge in [-0.3, -0.25) is 4.79 Å². The Balaban J connectivity index is 3.18. The second kappa shape index (κ2) is 7.45. The molecule has 0 aliphatic rings. The van der Waals surface area contributed by atoms with Crippen LogP contribution in [0, 0.1) is 11.3 Å². The predicted molar refractivity (Wildman–Crippen MR) is 72.3 cm³/mol. The van der Waals surface area contributed by atoms with Crippen molar-refractivity contribution < 1.29 is 23.9 Å². The fraction of sp³-hybridized carbons (Fsp3) is 0.143. The summed E-state index contributed by atoms with van der Waals surface area (Å²) in [6.45, 7) is 0. The van der Waals surface area contributed by atoms with Crippen molar-refractivity contribution in [3.8, 4) is 6.07 Å². The maximum Gasteiger partial charge on any atom is 0.354 e. The number of hydrogen-bond acceptors (Lipinski definition) is 7. The lowest BCUT2D eigenvalue weighted by Crippen LogP contribution is -2.16. The van der Waals surface area contributed by atoms with E-state index in [1.165, 1.54) is 18.2 Å². The van der Waals surface area contributed by atoms with Gasteiger partial charge in [-0.2, -0.15) is 5.26 Å². The van der Waals surface area contributed by atoms with E-state index < -0.39 is 11.9 Å². The van der Waals surface area contributed by atoms with E-state index in [-0.39, 0.29) is 16.9 Å². The van der Waals surface area contributed by atoms with Gasteiger partial charge in [-0.1, -0.05) is 0 Å². The number of nitrogens with zero attached hydrogens (tertiary/aromatic N) is 1. The number of rotatable bonds is 5. The molecule has 0 atom stereocenters. The first-order chi connectivity index (χ1) is 10.0. The number of nitriles is 1. The number of esters is 2. The molecular formula is C14H12N2O5. The quantitative estimate of drug-likeness (QED) is 0.489. The molecule has 1 aromatic carbocycles. The summed E-state index contributed by atoms with van der Waals surface area (Å²) in [6, 6.07) is 6.13. The Labute approximate surface area is 120 Å². The van der Waals surface area contributed by atoms with E-state index in [1.54, 1.807) is 0 Å². The molecule has 0 amide bonds. The Kier molecular flexibility index (Phi) is 5.65. The molecule has 0 aliphatic heterocycles. The molecule has 0 aliphatic carbocycles. The van der Waals surface area contributed by atoms with Gasteiger partial charge in [0.25, 0.3) is 0 Å². The van der Waals surface area contributed by atoms with Crippen molar-refractivity contribution in [1.82, 2.24) is 0 Å². The summed E-state index contributed by atoms with van der Waals surface area (Å²) >= 11 is 0. The summed E-state index contributed by atoms with van der Waals surface area (Å²) < 4.78 is 8.96. The van der Waals surface area contributed by atoms with E-state index in [2.05, 4.69) is 14.8 Å². The fourth-order valence-corrected chi connectivity index (χ4v) is 1.41. The Hall–Kier alpha value is -3.14. The Bertz CT molecular complexity index is 643. The molecule has 108 valence electrons. The van der Waals surface area contributed by atoms with Gasteiger partial charge in [-0.25, -0.2) is 9.59 Å². The molecule has 0 unspecified atom stereocenters. The average molecular weight is 288 g/mol. The van der Waals surface area contributed by atoms with E-state index in [9.17, 15) is 14.4 Å². The summed E-state index contributed by atoms with van der Waals surface area (Å²) in [6.07, 6.45) is 1.50. The monoisotopic (exact) mass is 288 g/mol. The lowest BCUT2D eigenvalue weighted by Gasteiger charge is -2.10. The van der Waals surface area contributed by atoms with Crippen molar-refractivity contribution in [3.05, 3.63) is 41.1 Å². The molecule has 0 aromatic heterocycles. The minimum Gasteiger partial charge on any atom is -0.466 e. The second-order valence-electron chi connectivity index (χ2n) is 3.73. The van der Waals surface area contributed by atoms with Crippen LogP contribution in [0.5, 0.6) is 0 Å². The van der Waals surface area contributed by atoms with E-state index in [1.807, 2.05) is 6.07 Å². The van der Waals surface area contributed by atoms with Crippen molar-refractivity contribution in [2.45, 2.75) is 0 Å². The van der Waals surface area contributed by atoms with Gasteiger partial charge in [-0.15, -0.1) is 0 Å². The maximum absolute atomic E-state index is 11.6. The zero-order valence-electron chi connectivity index (χ0n) is 11.4. The molecular weight excluding hydrogens is 276 g/mol. The third-order valence-electron chi connectivity index (χ3n) is 2.44. The third kappa shape index (κ3) is 4.18. The maximum atomic E-state index is 11.6. The number of benzene rings is 1. The fourth-order valence-electron chi connectivity index (χ4n) is 1.41. The highest BCUT2D eigenvalue weighted by Gasteiger charge is 2.14. The first-order valence-corrected chi connectivity index (χ1v) is 5.70. The van der Waals surface area contributed by atoms with Gasteiger partial charge in [0.1, 0.15) is 18.1 Å². The number of aldehydes is 1. The summed E-state index contributed by atoms with van der Waals surface area (Å²) in [5, 5.41) is 11.7. The van der Waals surface area contributed by atoms with Gasteiger partial charge in [0.2, 0.25) is 0 Å². The van der Waals surface area contributed by atoms with Gasteiger partial charge in [0, 0.05) is 5.56 Å². The summed E-state index contributed by atoms with van der Waals surface area (Å²) in [7, 11) is 2.31. The number of hydrogen-bond donors (Lipinski definition) is 1. The molecule has 1 aromatic rings. The van der Waals surface area contributed by atoms with Crippen molar-refractivity contribution in [2.24, 2.45) is 0 Å². The minimum absolute atomic E-state index is 0.138. The molecule has 0 spiro atoms. The molecule has 0 heterocycles. The van der Waals surface area contributed by atoms with Crippen molar-refractivity contribution in [3.63, 3.8) is 0 Å². The number of carbonyl (C=O) groups is 3. The van der Waals surface area contributed by atoms with Gasteiger partial charge < -0.3 is 14.8 Å². The van der Waals surface area contributed by atoms with Crippen LogP contribution in [0.4, 0.5) is 5.69 Å². The summed E-state index contributed by atoms with van der Waals surface area (Å²) in [4.78, 5) is 33.5. The normalized spacial score (nSPS) is 10.2. The molecule has 0 bridgehead atoms. The zero-order chi connectivity index (χ0) is 15.8. The zero-order valence-corrected chi connectivity index (χ0v) is 11.4.